The standard InChI is InChI=1S/C21H31N5O3/c1-3-10-25-19(28)17-13-16(18(27)24-11-6-7-12-24)23-26(17)14-21(25,2)20(29)22-15-8-4-5-9-15/h13,15H,3-12,14H2,1-2H3,(H,22,29). The Labute approximate surface area is 171 Å². The van der Waals surface area contributed by atoms with Crippen LogP contribution in [0.3, 0.4) is 0 Å². The van der Waals surface area contributed by atoms with Gasteiger partial charge in [0.15, 0.2) is 5.69 Å². The molecule has 3 aliphatic rings. The van der Waals surface area contributed by atoms with E-state index in [4.69, 9.17) is 0 Å². The van der Waals surface area contributed by atoms with Crippen molar-refractivity contribution in [2.24, 2.45) is 0 Å². The van der Waals surface area contributed by atoms with Crippen LogP contribution in [0.25, 0.3) is 0 Å². The minimum absolute atomic E-state index is 0.125. The van der Waals surface area contributed by atoms with Gasteiger partial charge >= 0.3 is 0 Å². The molecule has 0 aromatic carbocycles. The molecule has 1 aromatic rings. The molecule has 2 aliphatic heterocycles. The fourth-order valence-electron chi connectivity index (χ4n) is 4.81. The number of fused-ring (bicyclic) bond motifs is 1. The van der Waals surface area contributed by atoms with Gasteiger partial charge in [0.1, 0.15) is 11.2 Å². The average Bonchev–Trinajstić information content (AvgIpc) is 3.45. The highest BCUT2D eigenvalue weighted by molar-refractivity contribution is 6.02. The highest BCUT2D eigenvalue weighted by Crippen LogP contribution is 2.29. The topological polar surface area (TPSA) is 87.5 Å². The molecule has 4 rings (SSSR count). The fourth-order valence-corrected chi connectivity index (χ4v) is 4.81. The zero-order valence-corrected chi connectivity index (χ0v) is 17.4. The lowest BCUT2D eigenvalue weighted by Gasteiger charge is -2.43. The van der Waals surface area contributed by atoms with Crippen LogP contribution in [0.4, 0.5) is 0 Å². The molecule has 0 spiro atoms. The summed E-state index contributed by atoms with van der Waals surface area (Å²) >= 11 is 0. The largest absolute Gasteiger partial charge is 0.351 e. The highest BCUT2D eigenvalue weighted by Gasteiger charge is 2.48. The summed E-state index contributed by atoms with van der Waals surface area (Å²) in [4.78, 5) is 42.7. The first-order valence-corrected chi connectivity index (χ1v) is 10.9. The van der Waals surface area contributed by atoms with Crippen LogP contribution in [0.15, 0.2) is 6.07 Å². The van der Waals surface area contributed by atoms with E-state index >= 15 is 0 Å². The molecule has 1 saturated carbocycles. The Balaban J connectivity index is 1.62. The second kappa shape index (κ2) is 7.80. The Morgan fingerprint density at radius 1 is 1.21 bits per heavy atom. The van der Waals surface area contributed by atoms with Gasteiger partial charge in [-0.05, 0) is 39.0 Å². The molecule has 8 heteroatoms. The summed E-state index contributed by atoms with van der Waals surface area (Å²) in [5, 5.41) is 7.60. The highest BCUT2D eigenvalue weighted by atomic mass is 16.2. The molecule has 1 atom stereocenters. The first-order valence-electron chi connectivity index (χ1n) is 10.9. The second-order valence-corrected chi connectivity index (χ2v) is 8.76. The van der Waals surface area contributed by atoms with Gasteiger partial charge in [0, 0.05) is 31.7 Å². The quantitative estimate of drug-likeness (QED) is 0.815. The monoisotopic (exact) mass is 401 g/mol. The first-order chi connectivity index (χ1) is 13.9. The van der Waals surface area contributed by atoms with Gasteiger partial charge < -0.3 is 15.1 Å². The number of carbonyl (C=O) groups is 3. The van der Waals surface area contributed by atoms with Crippen molar-refractivity contribution in [2.45, 2.75) is 76.9 Å². The van der Waals surface area contributed by atoms with Crippen molar-refractivity contribution >= 4 is 17.7 Å². The zero-order valence-electron chi connectivity index (χ0n) is 17.4. The normalized spacial score (nSPS) is 24.8. The van der Waals surface area contributed by atoms with Gasteiger partial charge in [0.05, 0.1) is 6.54 Å². The predicted octanol–water partition coefficient (Wildman–Crippen LogP) is 1.80. The van der Waals surface area contributed by atoms with Crippen LogP contribution < -0.4 is 5.32 Å². The Hall–Kier alpha value is -2.38. The molecule has 158 valence electrons. The lowest BCUT2D eigenvalue weighted by Crippen LogP contribution is -2.65. The zero-order chi connectivity index (χ0) is 20.6. The number of hydrogen-bond donors (Lipinski definition) is 1. The summed E-state index contributed by atoms with van der Waals surface area (Å²) in [6.45, 7) is 6.04. The number of nitrogens with one attached hydrogen (secondary N) is 1. The van der Waals surface area contributed by atoms with Crippen LogP contribution in [0.1, 0.15) is 79.8 Å². The first kappa shape index (κ1) is 19.9. The Bertz CT molecular complexity index is 807. The van der Waals surface area contributed by atoms with E-state index < -0.39 is 5.54 Å². The molecular formula is C21H31N5O3. The van der Waals surface area contributed by atoms with Crippen molar-refractivity contribution in [2.75, 3.05) is 19.6 Å². The minimum Gasteiger partial charge on any atom is -0.351 e. The van der Waals surface area contributed by atoms with Crippen LogP contribution >= 0.6 is 0 Å². The molecule has 3 heterocycles. The van der Waals surface area contributed by atoms with E-state index in [1.54, 1.807) is 20.5 Å². The van der Waals surface area contributed by atoms with Gasteiger partial charge in [-0.1, -0.05) is 19.8 Å². The number of hydrogen-bond acceptors (Lipinski definition) is 4. The summed E-state index contributed by atoms with van der Waals surface area (Å²) < 4.78 is 1.56. The SMILES string of the molecule is CCCN1C(=O)c2cc(C(=O)N3CCCC3)nn2CC1(C)C(=O)NC1CCCC1. The molecule has 1 saturated heterocycles. The maximum Gasteiger partial charge on any atom is 0.274 e. The maximum atomic E-state index is 13.3. The number of likely N-dealkylation sites (tertiary alicyclic amines) is 1. The van der Waals surface area contributed by atoms with E-state index in [2.05, 4.69) is 10.4 Å². The summed E-state index contributed by atoms with van der Waals surface area (Å²) in [5.41, 5.74) is -0.317. The third kappa shape index (κ3) is 3.53. The molecule has 8 nitrogen and oxygen atoms in total. The Morgan fingerprint density at radius 3 is 2.55 bits per heavy atom. The molecule has 1 N–H and O–H groups in total. The van der Waals surface area contributed by atoms with Crippen LogP contribution in [0.2, 0.25) is 0 Å². The van der Waals surface area contributed by atoms with Gasteiger partial charge in [-0.3, -0.25) is 19.1 Å². The van der Waals surface area contributed by atoms with Crippen LogP contribution in [0.5, 0.6) is 0 Å². The Kier molecular flexibility index (Phi) is 5.36. The minimum atomic E-state index is -1.01. The number of amides is 3. The number of nitrogens with zero attached hydrogens (tertiary/aromatic N) is 4. The number of rotatable bonds is 5. The van der Waals surface area contributed by atoms with Crippen molar-refractivity contribution in [3.8, 4) is 0 Å². The molecule has 1 aromatic heterocycles. The summed E-state index contributed by atoms with van der Waals surface area (Å²) in [6, 6.07) is 1.78. The molecule has 2 fully saturated rings. The summed E-state index contributed by atoms with van der Waals surface area (Å²) in [6.07, 6.45) is 7.00. The van der Waals surface area contributed by atoms with Gasteiger partial charge in [0.2, 0.25) is 5.91 Å². The van der Waals surface area contributed by atoms with Gasteiger partial charge in [-0.25, -0.2) is 0 Å². The number of carbonyl (C=O) groups excluding carboxylic acids is 3. The maximum absolute atomic E-state index is 13.3. The van der Waals surface area contributed by atoms with Crippen LogP contribution in [-0.4, -0.2) is 68.5 Å². The van der Waals surface area contributed by atoms with Crippen molar-refractivity contribution < 1.29 is 14.4 Å². The van der Waals surface area contributed by atoms with E-state index in [0.29, 0.717) is 17.9 Å². The predicted molar refractivity (Wildman–Crippen MR) is 107 cm³/mol. The lowest BCUT2D eigenvalue weighted by molar-refractivity contribution is -0.133. The Morgan fingerprint density at radius 2 is 1.90 bits per heavy atom. The third-order valence-electron chi connectivity index (χ3n) is 6.54. The van der Waals surface area contributed by atoms with E-state index in [1.807, 2.05) is 13.8 Å². The molecular weight excluding hydrogens is 370 g/mol. The van der Waals surface area contributed by atoms with Gasteiger partial charge in [-0.15, -0.1) is 0 Å². The molecule has 3 amide bonds. The van der Waals surface area contributed by atoms with Gasteiger partial charge in [0.25, 0.3) is 11.8 Å². The number of aromatic nitrogens is 2. The van der Waals surface area contributed by atoms with E-state index in [0.717, 1.165) is 58.0 Å². The molecule has 29 heavy (non-hydrogen) atoms. The van der Waals surface area contributed by atoms with Crippen LogP contribution in [-0.2, 0) is 11.3 Å². The van der Waals surface area contributed by atoms with E-state index in [9.17, 15) is 14.4 Å². The van der Waals surface area contributed by atoms with Gasteiger partial charge in [-0.2, -0.15) is 5.10 Å². The molecule has 0 bridgehead atoms. The molecule has 1 aliphatic carbocycles. The van der Waals surface area contributed by atoms with Crippen molar-refractivity contribution in [1.82, 2.24) is 24.9 Å². The van der Waals surface area contributed by atoms with Crippen LogP contribution in [0, 0.1) is 0 Å². The van der Waals surface area contributed by atoms with E-state index in [1.165, 1.54) is 0 Å². The summed E-state index contributed by atoms with van der Waals surface area (Å²) in [7, 11) is 0. The second-order valence-electron chi connectivity index (χ2n) is 8.76. The van der Waals surface area contributed by atoms with Crippen molar-refractivity contribution in [3.63, 3.8) is 0 Å². The van der Waals surface area contributed by atoms with E-state index in [-0.39, 0.29) is 30.3 Å². The third-order valence-corrected chi connectivity index (χ3v) is 6.54. The van der Waals surface area contributed by atoms with Crippen molar-refractivity contribution in [3.05, 3.63) is 17.5 Å². The molecule has 0 radical (unpaired) electrons. The smallest absolute Gasteiger partial charge is 0.274 e. The lowest BCUT2D eigenvalue weighted by atomic mass is 9.94. The molecule has 1 unspecified atom stereocenters. The fraction of sp³-hybridized carbons (Fsp3) is 0.714. The summed E-state index contributed by atoms with van der Waals surface area (Å²) in [5.74, 6) is -0.480. The van der Waals surface area contributed by atoms with Crippen molar-refractivity contribution in [1.29, 1.82) is 0 Å². The average molecular weight is 402 g/mol.